The van der Waals surface area contributed by atoms with E-state index in [0.29, 0.717) is 15.7 Å². The highest BCUT2D eigenvalue weighted by atomic mass is 32.2. The molecule has 28 heavy (non-hydrogen) atoms. The van der Waals surface area contributed by atoms with Gasteiger partial charge in [-0.3, -0.25) is 19.7 Å². The number of esters is 1. The molecule has 2 aromatic carbocycles. The molecule has 0 aliphatic heterocycles. The fraction of sp³-hybridized carbons (Fsp3) is 0.105. The first kappa shape index (κ1) is 19.7. The number of carbonyl (C=O) groups excluding carboxylic acids is 3. The third-order valence-electron chi connectivity index (χ3n) is 3.39. The van der Waals surface area contributed by atoms with E-state index in [0.717, 1.165) is 17.3 Å². The molecule has 142 valence electrons. The fourth-order valence-electron chi connectivity index (χ4n) is 2.10. The summed E-state index contributed by atoms with van der Waals surface area (Å²) < 4.78 is 4.89. The number of ether oxygens (including phenoxy) is 1. The standard InChI is InChI=1S/C19H15N3O4S2/c23-15(20-19-22-21-17(28-19)13-7-3-1-4-8-13)11-26-16(24)12-27-18(25)14-9-5-2-6-10-14/h1-10H,11-12H2,(H,20,22,23). The van der Waals surface area contributed by atoms with Crippen LogP contribution in [0.5, 0.6) is 0 Å². The van der Waals surface area contributed by atoms with Crippen LogP contribution < -0.4 is 5.32 Å². The molecule has 0 fully saturated rings. The van der Waals surface area contributed by atoms with Crippen molar-refractivity contribution in [2.45, 2.75) is 0 Å². The van der Waals surface area contributed by atoms with E-state index in [1.807, 2.05) is 30.3 Å². The van der Waals surface area contributed by atoms with E-state index in [1.54, 1.807) is 30.3 Å². The lowest BCUT2D eigenvalue weighted by Gasteiger charge is -2.04. The Kier molecular flexibility index (Phi) is 6.88. The summed E-state index contributed by atoms with van der Waals surface area (Å²) in [5, 5.41) is 11.2. The van der Waals surface area contributed by atoms with Crippen LogP contribution in [-0.2, 0) is 14.3 Å². The maximum absolute atomic E-state index is 11.9. The molecule has 0 radical (unpaired) electrons. The number of hydrogen-bond donors (Lipinski definition) is 1. The number of nitrogens with one attached hydrogen (secondary N) is 1. The third-order valence-corrected chi connectivity index (χ3v) is 5.15. The quantitative estimate of drug-likeness (QED) is 0.594. The molecular weight excluding hydrogens is 398 g/mol. The van der Waals surface area contributed by atoms with Gasteiger partial charge in [-0.2, -0.15) is 0 Å². The molecule has 1 aromatic heterocycles. The van der Waals surface area contributed by atoms with Gasteiger partial charge in [0.15, 0.2) is 6.61 Å². The molecule has 7 nitrogen and oxygen atoms in total. The maximum atomic E-state index is 11.9. The van der Waals surface area contributed by atoms with Crippen molar-refractivity contribution in [2.24, 2.45) is 0 Å². The van der Waals surface area contributed by atoms with Crippen LogP contribution in [0.4, 0.5) is 5.13 Å². The van der Waals surface area contributed by atoms with Crippen LogP contribution >= 0.6 is 23.1 Å². The van der Waals surface area contributed by atoms with E-state index < -0.39 is 18.5 Å². The number of thioether (sulfide) groups is 1. The van der Waals surface area contributed by atoms with Crippen LogP contribution in [0.3, 0.4) is 0 Å². The van der Waals surface area contributed by atoms with Crippen molar-refractivity contribution in [3.63, 3.8) is 0 Å². The lowest BCUT2D eigenvalue weighted by molar-refractivity contribution is -0.144. The normalized spacial score (nSPS) is 10.3. The zero-order valence-electron chi connectivity index (χ0n) is 14.5. The first-order valence-electron chi connectivity index (χ1n) is 8.18. The number of carbonyl (C=O) groups is 3. The van der Waals surface area contributed by atoms with Gasteiger partial charge in [0, 0.05) is 11.1 Å². The van der Waals surface area contributed by atoms with E-state index in [2.05, 4.69) is 15.5 Å². The lowest BCUT2D eigenvalue weighted by Crippen LogP contribution is -2.21. The van der Waals surface area contributed by atoms with E-state index in [9.17, 15) is 14.4 Å². The zero-order chi connectivity index (χ0) is 19.8. The van der Waals surface area contributed by atoms with Crippen LogP contribution in [0.25, 0.3) is 10.6 Å². The highest BCUT2D eigenvalue weighted by Gasteiger charge is 2.14. The third kappa shape index (κ3) is 5.73. The number of hydrogen-bond acceptors (Lipinski definition) is 8. The van der Waals surface area contributed by atoms with Gasteiger partial charge < -0.3 is 4.74 Å². The largest absolute Gasteiger partial charge is 0.455 e. The topological polar surface area (TPSA) is 98.2 Å². The van der Waals surface area contributed by atoms with E-state index in [-0.39, 0.29) is 10.9 Å². The maximum Gasteiger partial charge on any atom is 0.316 e. The number of aromatic nitrogens is 2. The molecule has 1 N–H and O–H groups in total. The molecule has 0 aliphatic rings. The second-order valence-electron chi connectivity index (χ2n) is 5.43. The summed E-state index contributed by atoms with van der Waals surface area (Å²) >= 11 is 2.05. The molecule has 0 atom stereocenters. The van der Waals surface area contributed by atoms with Crippen molar-refractivity contribution in [1.82, 2.24) is 10.2 Å². The Balaban J connectivity index is 1.41. The first-order chi connectivity index (χ1) is 13.6. The molecule has 9 heteroatoms. The molecule has 0 aliphatic carbocycles. The molecule has 0 saturated heterocycles. The second kappa shape index (κ2) is 9.77. The highest BCUT2D eigenvalue weighted by molar-refractivity contribution is 8.14. The highest BCUT2D eigenvalue weighted by Crippen LogP contribution is 2.25. The summed E-state index contributed by atoms with van der Waals surface area (Å²) in [7, 11) is 0. The van der Waals surface area contributed by atoms with E-state index >= 15 is 0 Å². The van der Waals surface area contributed by atoms with Crippen molar-refractivity contribution in [3.05, 3.63) is 66.2 Å². The summed E-state index contributed by atoms with van der Waals surface area (Å²) in [4.78, 5) is 35.5. The Bertz CT molecular complexity index is 962. The SMILES string of the molecule is O=C(COC(=O)CSC(=O)c1ccccc1)Nc1nnc(-c2ccccc2)s1. The monoisotopic (exact) mass is 413 g/mol. The van der Waals surface area contributed by atoms with Crippen LogP contribution in [0, 0.1) is 0 Å². The molecule has 0 unspecified atom stereocenters. The minimum atomic E-state index is -0.647. The summed E-state index contributed by atoms with van der Waals surface area (Å²) in [5.41, 5.74) is 1.40. The molecule has 1 amide bonds. The Morgan fingerprint density at radius 3 is 2.36 bits per heavy atom. The van der Waals surface area contributed by atoms with Gasteiger partial charge in [0.05, 0.1) is 5.75 Å². The molecular formula is C19H15N3O4S2. The van der Waals surface area contributed by atoms with Crippen molar-refractivity contribution in [3.8, 4) is 10.6 Å². The smallest absolute Gasteiger partial charge is 0.316 e. The number of nitrogens with zero attached hydrogens (tertiary/aromatic N) is 2. The number of amides is 1. The van der Waals surface area contributed by atoms with Gasteiger partial charge in [-0.15, -0.1) is 10.2 Å². The van der Waals surface area contributed by atoms with Gasteiger partial charge in [0.25, 0.3) is 5.91 Å². The van der Waals surface area contributed by atoms with E-state index in [4.69, 9.17) is 4.74 Å². The summed E-state index contributed by atoms with van der Waals surface area (Å²) in [6.07, 6.45) is 0. The minimum absolute atomic E-state index is 0.169. The van der Waals surface area contributed by atoms with Crippen LogP contribution in [0.1, 0.15) is 10.4 Å². The van der Waals surface area contributed by atoms with Gasteiger partial charge in [0.2, 0.25) is 10.2 Å². The van der Waals surface area contributed by atoms with Crippen molar-refractivity contribution < 1.29 is 19.1 Å². The molecule has 0 spiro atoms. The van der Waals surface area contributed by atoms with Gasteiger partial charge >= 0.3 is 5.97 Å². The summed E-state index contributed by atoms with van der Waals surface area (Å²) in [5.74, 6) is -1.34. The van der Waals surface area contributed by atoms with Crippen LogP contribution in [0.15, 0.2) is 60.7 Å². The second-order valence-corrected chi connectivity index (χ2v) is 7.36. The first-order valence-corrected chi connectivity index (χ1v) is 9.98. The number of rotatable bonds is 7. The predicted octanol–water partition coefficient (Wildman–Crippen LogP) is 3.26. The van der Waals surface area contributed by atoms with Crippen LogP contribution in [0.2, 0.25) is 0 Å². The van der Waals surface area contributed by atoms with Gasteiger partial charge in [0.1, 0.15) is 5.01 Å². The minimum Gasteiger partial charge on any atom is -0.455 e. The molecule has 1 heterocycles. The molecule has 0 bridgehead atoms. The Morgan fingerprint density at radius 2 is 1.64 bits per heavy atom. The summed E-state index contributed by atoms with van der Waals surface area (Å²) in [6.45, 7) is -0.459. The predicted molar refractivity (Wildman–Crippen MR) is 108 cm³/mol. The van der Waals surface area contributed by atoms with Crippen molar-refractivity contribution in [2.75, 3.05) is 17.7 Å². The van der Waals surface area contributed by atoms with E-state index in [1.165, 1.54) is 11.3 Å². The summed E-state index contributed by atoms with van der Waals surface area (Å²) in [6, 6.07) is 18.1. The van der Waals surface area contributed by atoms with Gasteiger partial charge in [-0.05, 0) is 0 Å². The fourth-order valence-corrected chi connectivity index (χ4v) is 3.50. The molecule has 0 saturated carbocycles. The Hall–Kier alpha value is -3.04. The zero-order valence-corrected chi connectivity index (χ0v) is 16.2. The lowest BCUT2D eigenvalue weighted by atomic mass is 10.2. The van der Waals surface area contributed by atoms with Crippen LogP contribution in [-0.4, -0.2) is 39.5 Å². The van der Waals surface area contributed by atoms with Gasteiger partial charge in [-0.1, -0.05) is 83.8 Å². The van der Waals surface area contributed by atoms with Crippen molar-refractivity contribution in [1.29, 1.82) is 0 Å². The average Bonchev–Trinajstić information content (AvgIpc) is 3.20. The number of benzene rings is 2. The average molecular weight is 413 g/mol. The Morgan fingerprint density at radius 1 is 0.964 bits per heavy atom. The van der Waals surface area contributed by atoms with Crippen molar-refractivity contribution >= 4 is 45.2 Å². The molecule has 3 rings (SSSR count). The molecule has 3 aromatic rings. The number of anilines is 1. The van der Waals surface area contributed by atoms with Gasteiger partial charge in [-0.25, -0.2) is 0 Å². The Labute approximate surface area is 169 Å².